The Morgan fingerprint density at radius 3 is 2.48 bits per heavy atom. The van der Waals surface area contributed by atoms with E-state index in [0.29, 0.717) is 12.4 Å². The van der Waals surface area contributed by atoms with E-state index < -0.39 is 0 Å². The number of aryl methyl sites for hydroxylation is 2. The molecule has 5 heteroatoms. The van der Waals surface area contributed by atoms with Crippen molar-refractivity contribution in [3.05, 3.63) is 52.3 Å². The minimum Gasteiger partial charge on any atom is -0.301 e. The highest BCUT2D eigenvalue weighted by atomic mass is 35.5. The lowest BCUT2D eigenvalue weighted by molar-refractivity contribution is 0.399. The van der Waals surface area contributed by atoms with Gasteiger partial charge in [-0.3, -0.25) is 4.68 Å². The zero-order valence-electron chi connectivity index (χ0n) is 12.7. The summed E-state index contributed by atoms with van der Waals surface area (Å²) in [5.41, 5.74) is 2.78. The number of halogens is 2. The van der Waals surface area contributed by atoms with Crippen molar-refractivity contribution in [1.82, 2.24) is 15.1 Å². The Bertz CT molecular complexity index is 595. The van der Waals surface area contributed by atoms with Crippen LogP contribution in [-0.4, -0.2) is 15.7 Å². The molecule has 0 spiro atoms. The number of nitrogens with zero attached hydrogens (tertiary/aromatic N) is 2. The smallest absolute Gasteiger partial charge is 0.0863 e. The fraction of sp³-hybridized carbons (Fsp3) is 0.438. The second-order valence-corrected chi connectivity index (χ2v) is 6.02. The predicted molar refractivity (Wildman–Crippen MR) is 88.9 cm³/mol. The van der Waals surface area contributed by atoms with E-state index in [-0.39, 0.29) is 5.54 Å². The molecule has 2 aromatic rings. The van der Waals surface area contributed by atoms with Crippen LogP contribution in [0, 0.1) is 0 Å². The molecule has 114 valence electrons. The summed E-state index contributed by atoms with van der Waals surface area (Å²) in [6, 6.07) is 10.2. The van der Waals surface area contributed by atoms with Crippen LogP contribution in [-0.2, 0) is 25.6 Å². The van der Waals surface area contributed by atoms with E-state index in [1.54, 1.807) is 0 Å². The molecule has 1 heterocycles. The lowest BCUT2D eigenvalue weighted by atomic mass is 9.94. The van der Waals surface area contributed by atoms with Crippen LogP contribution in [0.2, 0.25) is 5.02 Å². The highest BCUT2D eigenvalue weighted by molar-refractivity contribution is 6.31. The summed E-state index contributed by atoms with van der Waals surface area (Å²) in [5.74, 6) is 0.479. The molecule has 0 aliphatic rings. The number of rotatable bonds is 6. The van der Waals surface area contributed by atoms with Crippen LogP contribution >= 0.6 is 23.2 Å². The first kappa shape index (κ1) is 16.3. The number of hydrogen-bond acceptors (Lipinski definition) is 2. The van der Waals surface area contributed by atoms with Crippen molar-refractivity contribution in [2.75, 3.05) is 5.88 Å². The zero-order valence-corrected chi connectivity index (χ0v) is 14.2. The molecule has 0 bridgehead atoms. The maximum Gasteiger partial charge on any atom is 0.0863 e. The topological polar surface area (TPSA) is 29.9 Å². The van der Waals surface area contributed by atoms with Crippen molar-refractivity contribution in [3.8, 4) is 0 Å². The van der Waals surface area contributed by atoms with Crippen molar-refractivity contribution in [1.29, 1.82) is 0 Å². The maximum atomic E-state index is 6.39. The van der Waals surface area contributed by atoms with Crippen LogP contribution in [0.15, 0.2) is 30.3 Å². The third kappa shape index (κ3) is 3.42. The molecule has 0 saturated carbocycles. The van der Waals surface area contributed by atoms with E-state index >= 15 is 0 Å². The summed E-state index contributed by atoms with van der Waals surface area (Å²) >= 11 is 12.6. The van der Waals surface area contributed by atoms with Crippen molar-refractivity contribution < 1.29 is 0 Å². The summed E-state index contributed by atoms with van der Waals surface area (Å²) < 4.78 is 1.84. The van der Waals surface area contributed by atoms with Gasteiger partial charge in [-0.1, -0.05) is 48.9 Å². The van der Waals surface area contributed by atoms with Crippen molar-refractivity contribution in [2.24, 2.45) is 7.05 Å². The lowest BCUT2D eigenvalue weighted by Crippen LogP contribution is -2.41. The molecular formula is C16H21Cl2N3. The van der Waals surface area contributed by atoms with Crippen LogP contribution in [0.25, 0.3) is 0 Å². The molecule has 2 rings (SSSR count). The number of aromatic nitrogens is 2. The molecule has 1 atom stereocenters. The summed E-state index contributed by atoms with van der Waals surface area (Å²) in [4.78, 5) is 0. The number of benzene rings is 1. The lowest BCUT2D eigenvalue weighted by Gasteiger charge is -2.29. The highest BCUT2D eigenvalue weighted by Gasteiger charge is 2.26. The molecular weight excluding hydrogens is 305 g/mol. The van der Waals surface area contributed by atoms with E-state index in [4.69, 9.17) is 23.2 Å². The van der Waals surface area contributed by atoms with Gasteiger partial charge in [0.15, 0.2) is 0 Å². The molecule has 0 radical (unpaired) electrons. The normalized spacial score (nSPS) is 14.1. The predicted octanol–water partition coefficient (Wildman–Crippen LogP) is 3.88. The maximum absolute atomic E-state index is 6.39. The summed E-state index contributed by atoms with van der Waals surface area (Å²) in [6.07, 6.45) is 0.831. The number of alkyl halides is 1. The molecule has 1 unspecified atom stereocenters. The quantitative estimate of drug-likeness (QED) is 0.817. The molecule has 3 nitrogen and oxygen atoms in total. The summed E-state index contributed by atoms with van der Waals surface area (Å²) in [7, 11) is 1.92. The van der Waals surface area contributed by atoms with E-state index in [2.05, 4.69) is 36.4 Å². The van der Waals surface area contributed by atoms with Gasteiger partial charge in [0.1, 0.15) is 0 Å². The Morgan fingerprint density at radius 2 is 1.95 bits per heavy atom. The largest absolute Gasteiger partial charge is 0.301 e. The van der Waals surface area contributed by atoms with Gasteiger partial charge in [-0.05, 0) is 18.9 Å². The molecule has 0 amide bonds. The van der Waals surface area contributed by atoms with E-state index in [9.17, 15) is 0 Å². The van der Waals surface area contributed by atoms with Crippen LogP contribution < -0.4 is 5.32 Å². The van der Waals surface area contributed by atoms with Crippen LogP contribution in [0.1, 0.15) is 30.8 Å². The Morgan fingerprint density at radius 1 is 1.29 bits per heavy atom. The van der Waals surface area contributed by atoms with Gasteiger partial charge in [-0.15, -0.1) is 11.6 Å². The van der Waals surface area contributed by atoms with E-state index in [0.717, 1.165) is 28.4 Å². The monoisotopic (exact) mass is 325 g/mol. The van der Waals surface area contributed by atoms with Gasteiger partial charge in [0, 0.05) is 19.5 Å². The second kappa shape index (κ2) is 6.82. The first-order valence-electron chi connectivity index (χ1n) is 7.08. The Kier molecular flexibility index (Phi) is 5.31. The third-order valence-corrected chi connectivity index (χ3v) is 4.80. The van der Waals surface area contributed by atoms with Gasteiger partial charge >= 0.3 is 0 Å². The number of nitrogens with one attached hydrogen (secondary N) is 1. The zero-order chi connectivity index (χ0) is 15.5. The fourth-order valence-electron chi connectivity index (χ4n) is 2.32. The molecule has 0 aliphatic heterocycles. The molecule has 0 saturated heterocycles. The van der Waals surface area contributed by atoms with Gasteiger partial charge in [0.25, 0.3) is 0 Å². The average molecular weight is 326 g/mol. The van der Waals surface area contributed by atoms with Gasteiger partial charge < -0.3 is 5.32 Å². The Balaban J connectivity index is 2.20. The van der Waals surface area contributed by atoms with Crippen molar-refractivity contribution in [2.45, 2.75) is 32.4 Å². The van der Waals surface area contributed by atoms with Gasteiger partial charge in [0.2, 0.25) is 0 Å². The first-order chi connectivity index (χ1) is 10.0. The molecule has 1 aromatic carbocycles. The SMILES string of the molecule is CCc1nn(C)c(CNC(C)(CCl)c2ccccc2)c1Cl. The summed E-state index contributed by atoms with van der Waals surface area (Å²) in [5, 5.41) is 8.71. The molecule has 0 aliphatic carbocycles. The van der Waals surface area contributed by atoms with Crippen LogP contribution in [0.3, 0.4) is 0 Å². The minimum absolute atomic E-state index is 0.303. The third-order valence-electron chi connectivity index (χ3n) is 3.83. The fourth-order valence-corrected chi connectivity index (χ4v) is 2.93. The van der Waals surface area contributed by atoms with E-state index in [1.807, 2.05) is 29.9 Å². The van der Waals surface area contributed by atoms with Crippen LogP contribution in [0.5, 0.6) is 0 Å². The Labute approximate surface area is 136 Å². The average Bonchev–Trinajstić information content (AvgIpc) is 2.80. The standard InChI is InChI=1S/C16H21Cl2N3/c1-4-13-15(18)14(21(3)20-13)10-19-16(2,11-17)12-8-6-5-7-9-12/h5-9,19H,4,10-11H2,1-3H3. The molecule has 1 N–H and O–H groups in total. The van der Waals surface area contributed by atoms with E-state index in [1.165, 1.54) is 0 Å². The van der Waals surface area contributed by atoms with Crippen LogP contribution in [0.4, 0.5) is 0 Å². The Hall–Kier alpha value is -1.03. The first-order valence-corrected chi connectivity index (χ1v) is 8.00. The van der Waals surface area contributed by atoms with Crippen molar-refractivity contribution in [3.63, 3.8) is 0 Å². The number of hydrogen-bond donors (Lipinski definition) is 1. The van der Waals surface area contributed by atoms with Crippen molar-refractivity contribution >= 4 is 23.2 Å². The molecule has 1 aromatic heterocycles. The molecule has 0 fully saturated rings. The van der Waals surface area contributed by atoms with Gasteiger partial charge in [0.05, 0.1) is 21.9 Å². The highest BCUT2D eigenvalue weighted by Crippen LogP contribution is 2.25. The van der Waals surface area contributed by atoms with Gasteiger partial charge in [-0.2, -0.15) is 5.10 Å². The summed E-state index contributed by atoms with van der Waals surface area (Å²) in [6.45, 7) is 4.78. The second-order valence-electron chi connectivity index (χ2n) is 5.37. The minimum atomic E-state index is -0.303. The van der Waals surface area contributed by atoms with Gasteiger partial charge in [-0.25, -0.2) is 0 Å². The molecule has 21 heavy (non-hydrogen) atoms.